The van der Waals surface area contributed by atoms with E-state index in [1.807, 2.05) is 0 Å². The molecule has 2 saturated heterocycles. The van der Waals surface area contributed by atoms with Crippen molar-refractivity contribution in [3.63, 3.8) is 0 Å². The number of hydrogen-bond donors (Lipinski definition) is 3. The lowest BCUT2D eigenvalue weighted by molar-refractivity contribution is -0.0216. The number of aliphatic hydroxyl groups excluding tert-OH is 2. The Hall–Kier alpha value is -0.200. The highest BCUT2D eigenvalue weighted by molar-refractivity contribution is 4.98. The highest BCUT2D eigenvalue weighted by Crippen LogP contribution is 2.28. The molecular weight excluding hydrogens is 232 g/mol. The summed E-state index contributed by atoms with van der Waals surface area (Å²) in [5.74, 6) is 0. The van der Waals surface area contributed by atoms with Crippen LogP contribution in [0.1, 0.15) is 26.7 Å². The van der Waals surface area contributed by atoms with Crippen LogP contribution in [0.2, 0.25) is 0 Å². The summed E-state index contributed by atoms with van der Waals surface area (Å²) >= 11 is 0. The average Bonchev–Trinajstić information content (AvgIpc) is 2.93. The standard InChI is InChI=1S/C13H26N2O3/c1-9(2)14-7-10-12(15-5-3-4-6-15)13(17)11(8-16)18-10/h9-14,16-17H,3-8H2,1-2H3/t10-,11+,12+,13-/m1/s1. The first-order valence-corrected chi connectivity index (χ1v) is 7.05. The highest BCUT2D eigenvalue weighted by atomic mass is 16.5. The Morgan fingerprint density at radius 3 is 2.50 bits per heavy atom. The van der Waals surface area contributed by atoms with Gasteiger partial charge in [0.15, 0.2) is 0 Å². The molecule has 4 atom stereocenters. The molecule has 0 spiro atoms. The van der Waals surface area contributed by atoms with Gasteiger partial charge < -0.3 is 20.3 Å². The van der Waals surface area contributed by atoms with E-state index in [0.717, 1.165) is 19.6 Å². The fourth-order valence-electron chi connectivity index (χ4n) is 2.99. The van der Waals surface area contributed by atoms with Gasteiger partial charge in [0.1, 0.15) is 12.2 Å². The van der Waals surface area contributed by atoms with Crippen LogP contribution in [-0.4, -0.2) is 71.7 Å². The third-order valence-corrected chi connectivity index (χ3v) is 3.93. The Balaban J connectivity index is 2.00. The van der Waals surface area contributed by atoms with E-state index < -0.39 is 12.2 Å². The highest BCUT2D eigenvalue weighted by Gasteiger charge is 2.46. The van der Waals surface area contributed by atoms with Crippen LogP contribution >= 0.6 is 0 Å². The van der Waals surface area contributed by atoms with E-state index in [-0.39, 0.29) is 18.8 Å². The zero-order valence-corrected chi connectivity index (χ0v) is 11.4. The molecule has 0 aromatic carbocycles. The minimum absolute atomic E-state index is 0.0240. The first-order chi connectivity index (χ1) is 8.63. The van der Waals surface area contributed by atoms with Gasteiger partial charge in [0.2, 0.25) is 0 Å². The van der Waals surface area contributed by atoms with E-state index in [2.05, 4.69) is 24.1 Å². The Kier molecular flexibility index (Phi) is 4.98. The summed E-state index contributed by atoms with van der Waals surface area (Å²) in [6, 6.07) is 0.425. The van der Waals surface area contributed by atoms with Crippen molar-refractivity contribution in [1.82, 2.24) is 10.2 Å². The zero-order valence-electron chi connectivity index (χ0n) is 11.4. The number of rotatable bonds is 5. The Morgan fingerprint density at radius 1 is 1.28 bits per heavy atom. The molecule has 18 heavy (non-hydrogen) atoms. The van der Waals surface area contributed by atoms with E-state index in [1.54, 1.807) is 0 Å². The molecule has 0 bridgehead atoms. The Labute approximate surface area is 109 Å². The fourth-order valence-corrected chi connectivity index (χ4v) is 2.99. The molecule has 5 nitrogen and oxygen atoms in total. The lowest BCUT2D eigenvalue weighted by Gasteiger charge is -2.30. The number of hydrogen-bond acceptors (Lipinski definition) is 5. The second-order valence-corrected chi connectivity index (χ2v) is 5.68. The predicted molar refractivity (Wildman–Crippen MR) is 69.5 cm³/mol. The normalized spacial score (nSPS) is 37.8. The Morgan fingerprint density at radius 2 is 1.94 bits per heavy atom. The van der Waals surface area contributed by atoms with Gasteiger partial charge in [-0.1, -0.05) is 13.8 Å². The molecule has 2 heterocycles. The summed E-state index contributed by atoms with van der Waals surface area (Å²) in [6.45, 7) is 6.87. The maximum Gasteiger partial charge on any atom is 0.109 e. The smallest absolute Gasteiger partial charge is 0.109 e. The summed E-state index contributed by atoms with van der Waals surface area (Å²) in [5.41, 5.74) is 0. The molecule has 0 aliphatic carbocycles. The minimum Gasteiger partial charge on any atom is -0.394 e. The number of likely N-dealkylation sites (tertiary alicyclic amines) is 1. The van der Waals surface area contributed by atoms with Gasteiger partial charge in [0.25, 0.3) is 0 Å². The molecule has 0 unspecified atom stereocenters. The molecule has 5 heteroatoms. The molecule has 106 valence electrons. The van der Waals surface area contributed by atoms with Crippen LogP contribution in [0.15, 0.2) is 0 Å². The van der Waals surface area contributed by atoms with E-state index in [0.29, 0.717) is 6.04 Å². The molecule has 2 fully saturated rings. The van der Waals surface area contributed by atoms with Gasteiger partial charge in [0, 0.05) is 12.6 Å². The van der Waals surface area contributed by atoms with E-state index in [9.17, 15) is 10.2 Å². The molecule has 0 saturated carbocycles. The second-order valence-electron chi connectivity index (χ2n) is 5.68. The molecule has 0 amide bonds. The summed E-state index contributed by atoms with van der Waals surface area (Å²) in [6.07, 6.45) is 1.34. The van der Waals surface area contributed by atoms with Crippen molar-refractivity contribution in [3.05, 3.63) is 0 Å². The minimum atomic E-state index is -0.577. The fraction of sp³-hybridized carbons (Fsp3) is 1.00. The SMILES string of the molecule is CC(C)NC[C@H]1O[C@@H](CO)[C@@H](O)[C@H]1N1CCCC1. The first kappa shape index (κ1) is 14.2. The third kappa shape index (κ3) is 3.03. The van der Waals surface area contributed by atoms with Crippen molar-refractivity contribution in [2.45, 2.75) is 57.1 Å². The molecule has 2 aliphatic rings. The lowest BCUT2D eigenvalue weighted by Crippen LogP contribution is -2.50. The van der Waals surface area contributed by atoms with Gasteiger partial charge in [-0.25, -0.2) is 0 Å². The molecule has 2 aliphatic heterocycles. The maximum absolute atomic E-state index is 10.3. The van der Waals surface area contributed by atoms with Crippen molar-refractivity contribution < 1.29 is 14.9 Å². The van der Waals surface area contributed by atoms with Crippen molar-refractivity contribution in [1.29, 1.82) is 0 Å². The van der Waals surface area contributed by atoms with Crippen LogP contribution in [0, 0.1) is 0 Å². The van der Waals surface area contributed by atoms with Crippen molar-refractivity contribution >= 4 is 0 Å². The summed E-state index contributed by atoms with van der Waals surface area (Å²) < 4.78 is 5.79. The third-order valence-electron chi connectivity index (χ3n) is 3.93. The van der Waals surface area contributed by atoms with Crippen LogP contribution in [0.4, 0.5) is 0 Å². The lowest BCUT2D eigenvalue weighted by atomic mass is 10.0. The predicted octanol–water partition coefficient (Wildman–Crippen LogP) is -0.431. The average molecular weight is 258 g/mol. The van der Waals surface area contributed by atoms with Crippen LogP contribution < -0.4 is 5.32 Å². The molecule has 0 radical (unpaired) electrons. The number of aliphatic hydroxyl groups is 2. The van der Waals surface area contributed by atoms with Crippen molar-refractivity contribution in [2.75, 3.05) is 26.2 Å². The molecular formula is C13H26N2O3. The molecule has 0 aromatic rings. The first-order valence-electron chi connectivity index (χ1n) is 7.05. The van der Waals surface area contributed by atoms with Gasteiger partial charge in [-0.2, -0.15) is 0 Å². The van der Waals surface area contributed by atoms with Crippen molar-refractivity contribution in [2.24, 2.45) is 0 Å². The van der Waals surface area contributed by atoms with Crippen LogP contribution in [0.5, 0.6) is 0 Å². The van der Waals surface area contributed by atoms with Crippen molar-refractivity contribution in [3.8, 4) is 0 Å². The van der Waals surface area contributed by atoms with Gasteiger partial charge in [-0.15, -0.1) is 0 Å². The van der Waals surface area contributed by atoms with E-state index in [1.165, 1.54) is 12.8 Å². The zero-order chi connectivity index (χ0) is 13.1. The topological polar surface area (TPSA) is 65.0 Å². The van der Waals surface area contributed by atoms with E-state index >= 15 is 0 Å². The van der Waals surface area contributed by atoms with Crippen LogP contribution in [0.3, 0.4) is 0 Å². The van der Waals surface area contributed by atoms with Gasteiger partial charge in [0.05, 0.1) is 18.8 Å². The van der Waals surface area contributed by atoms with Gasteiger partial charge in [-0.05, 0) is 25.9 Å². The number of nitrogens with one attached hydrogen (secondary N) is 1. The van der Waals surface area contributed by atoms with Gasteiger partial charge >= 0.3 is 0 Å². The number of nitrogens with zero attached hydrogens (tertiary/aromatic N) is 1. The molecule has 0 aromatic heterocycles. The summed E-state index contributed by atoms with van der Waals surface area (Å²) in [5, 5.41) is 22.9. The Bertz CT molecular complexity index is 257. The largest absolute Gasteiger partial charge is 0.394 e. The maximum atomic E-state index is 10.3. The summed E-state index contributed by atoms with van der Waals surface area (Å²) in [7, 11) is 0. The molecule has 2 rings (SSSR count). The van der Waals surface area contributed by atoms with Crippen LogP contribution in [0.25, 0.3) is 0 Å². The quantitative estimate of drug-likeness (QED) is 0.624. The number of ether oxygens (including phenoxy) is 1. The summed E-state index contributed by atoms with van der Waals surface area (Å²) in [4.78, 5) is 2.31. The molecule has 3 N–H and O–H groups in total. The van der Waals surface area contributed by atoms with Crippen LogP contribution in [-0.2, 0) is 4.74 Å². The van der Waals surface area contributed by atoms with Gasteiger partial charge in [-0.3, -0.25) is 4.90 Å². The second kappa shape index (κ2) is 6.30. The monoisotopic (exact) mass is 258 g/mol. The van der Waals surface area contributed by atoms with E-state index in [4.69, 9.17) is 4.74 Å².